The highest BCUT2D eigenvalue weighted by Crippen LogP contribution is 2.30. The van der Waals surface area contributed by atoms with Crippen LogP contribution in [0.3, 0.4) is 0 Å². The molecule has 2 aliphatic rings. The van der Waals surface area contributed by atoms with Gasteiger partial charge in [-0.05, 0) is 11.0 Å². The van der Waals surface area contributed by atoms with Crippen LogP contribution in [-0.4, -0.2) is 22.7 Å². The minimum Gasteiger partial charge on any atom is -0.0892 e. The van der Waals surface area contributed by atoms with Crippen molar-refractivity contribution in [1.82, 2.24) is 0 Å². The first kappa shape index (κ1) is 9.88. The Labute approximate surface area is 86.7 Å². The summed E-state index contributed by atoms with van der Waals surface area (Å²) in [5.41, 5.74) is 1.54. The standard InChI is InChI=1S/C12H21N2/c1-8(2)11-7-13-14(10-5-6-10)12(11)9(3)4/h7-11H,5-6H2,1-4H3/q+1. The lowest BCUT2D eigenvalue weighted by molar-refractivity contribution is -0.546. The monoisotopic (exact) mass is 193 g/mol. The van der Waals surface area contributed by atoms with Gasteiger partial charge in [0, 0.05) is 18.8 Å². The molecule has 0 saturated heterocycles. The van der Waals surface area contributed by atoms with Crippen LogP contribution >= 0.6 is 0 Å². The normalized spacial score (nSPS) is 27.1. The molecule has 1 aliphatic heterocycles. The molecular formula is C12H21N2+. The second kappa shape index (κ2) is 3.48. The van der Waals surface area contributed by atoms with Crippen molar-refractivity contribution >= 4 is 11.9 Å². The molecule has 0 aromatic heterocycles. The second-order valence-corrected chi connectivity index (χ2v) is 5.19. The number of rotatable bonds is 3. The SMILES string of the molecule is CC(C)C1=[N+](C2CC2)N=CC1C(C)C. The first-order chi connectivity index (χ1) is 6.61. The molecule has 78 valence electrons. The summed E-state index contributed by atoms with van der Waals surface area (Å²) in [6.07, 6.45) is 4.81. The van der Waals surface area contributed by atoms with Crippen LogP contribution in [0, 0.1) is 17.8 Å². The third-order valence-electron chi connectivity index (χ3n) is 3.16. The fourth-order valence-corrected chi connectivity index (χ4v) is 2.23. The topological polar surface area (TPSA) is 15.4 Å². The van der Waals surface area contributed by atoms with E-state index >= 15 is 0 Å². The van der Waals surface area contributed by atoms with E-state index in [1.54, 1.807) is 5.71 Å². The summed E-state index contributed by atoms with van der Waals surface area (Å²) in [6, 6.07) is 0.729. The van der Waals surface area contributed by atoms with Gasteiger partial charge in [-0.25, -0.2) is 0 Å². The Morgan fingerprint density at radius 2 is 1.93 bits per heavy atom. The van der Waals surface area contributed by atoms with Gasteiger partial charge < -0.3 is 0 Å². The summed E-state index contributed by atoms with van der Waals surface area (Å²) in [4.78, 5) is 0. The van der Waals surface area contributed by atoms with Gasteiger partial charge in [0.2, 0.25) is 0 Å². The molecule has 0 radical (unpaired) electrons. The van der Waals surface area contributed by atoms with E-state index in [2.05, 4.69) is 43.7 Å². The maximum absolute atomic E-state index is 4.57. The number of hydrogen-bond donors (Lipinski definition) is 0. The zero-order valence-corrected chi connectivity index (χ0v) is 9.70. The summed E-state index contributed by atoms with van der Waals surface area (Å²) in [7, 11) is 0. The van der Waals surface area contributed by atoms with E-state index in [4.69, 9.17) is 0 Å². The van der Waals surface area contributed by atoms with E-state index in [0.717, 1.165) is 6.04 Å². The van der Waals surface area contributed by atoms with E-state index < -0.39 is 0 Å². The third-order valence-corrected chi connectivity index (χ3v) is 3.16. The van der Waals surface area contributed by atoms with Gasteiger partial charge in [-0.15, -0.1) is 0 Å². The first-order valence-corrected chi connectivity index (χ1v) is 5.81. The summed E-state index contributed by atoms with van der Waals surface area (Å²) in [5, 5.41) is 4.57. The molecule has 2 heteroatoms. The summed E-state index contributed by atoms with van der Waals surface area (Å²) in [5.74, 6) is 1.89. The Hall–Kier alpha value is -0.660. The molecule has 2 nitrogen and oxygen atoms in total. The molecule has 0 aromatic carbocycles. The predicted octanol–water partition coefficient (Wildman–Crippen LogP) is 2.53. The summed E-state index contributed by atoms with van der Waals surface area (Å²) < 4.78 is 2.30. The molecular weight excluding hydrogens is 172 g/mol. The predicted molar refractivity (Wildman–Crippen MR) is 59.9 cm³/mol. The van der Waals surface area contributed by atoms with Crippen LogP contribution < -0.4 is 0 Å². The molecule has 1 atom stereocenters. The second-order valence-electron chi connectivity index (χ2n) is 5.19. The fraction of sp³-hybridized carbons (Fsp3) is 0.833. The van der Waals surface area contributed by atoms with Crippen LogP contribution in [0.15, 0.2) is 5.10 Å². The molecule has 0 spiro atoms. The van der Waals surface area contributed by atoms with Crippen molar-refractivity contribution in [3.8, 4) is 0 Å². The van der Waals surface area contributed by atoms with Crippen LogP contribution in [0.4, 0.5) is 0 Å². The Bertz CT molecular complexity index is 283. The van der Waals surface area contributed by atoms with Crippen LogP contribution in [0.1, 0.15) is 40.5 Å². The molecule has 1 fully saturated rings. The molecule has 1 unspecified atom stereocenters. The summed E-state index contributed by atoms with van der Waals surface area (Å²) >= 11 is 0. The number of hydrazone groups is 1. The highest BCUT2D eigenvalue weighted by molar-refractivity contribution is 5.98. The van der Waals surface area contributed by atoms with Crippen molar-refractivity contribution in [2.75, 3.05) is 0 Å². The number of hydrogen-bond acceptors (Lipinski definition) is 1. The van der Waals surface area contributed by atoms with Gasteiger partial charge in [0.05, 0.1) is 12.1 Å². The zero-order chi connectivity index (χ0) is 10.3. The maximum atomic E-state index is 4.57. The van der Waals surface area contributed by atoms with E-state index in [9.17, 15) is 0 Å². The van der Waals surface area contributed by atoms with Crippen molar-refractivity contribution < 1.29 is 4.68 Å². The largest absolute Gasteiger partial charge is 0.196 e. The highest BCUT2D eigenvalue weighted by atomic mass is 15.4. The van der Waals surface area contributed by atoms with Crippen molar-refractivity contribution in [3.05, 3.63) is 0 Å². The molecule has 14 heavy (non-hydrogen) atoms. The Balaban J connectivity index is 2.27. The van der Waals surface area contributed by atoms with Crippen LogP contribution in [0.5, 0.6) is 0 Å². The Kier molecular flexibility index (Phi) is 2.46. The van der Waals surface area contributed by atoms with E-state index in [0.29, 0.717) is 17.8 Å². The van der Waals surface area contributed by atoms with Gasteiger partial charge in [-0.2, -0.15) is 0 Å². The molecule has 0 bridgehead atoms. The molecule has 0 N–H and O–H groups in total. The quantitative estimate of drug-likeness (QED) is 0.612. The molecule has 1 saturated carbocycles. The molecule has 2 rings (SSSR count). The average molecular weight is 193 g/mol. The summed E-state index contributed by atoms with van der Waals surface area (Å²) in [6.45, 7) is 9.15. The molecule has 0 amide bonds. The average Bonchev–Trinajstić information content (AvgIpc) is 2.83. The lowest BCUT2D eigenvalue weighted by Gasteiger charge is -2.13. The minimum atomic E-state index is 0.579. The van der Waals surface area contributed by atoms with Gasteiger partial charge in [0.15, 0.2) is 11.8 Å². The Morgan fingerprint density at radius 1 is 1.29 bits per heavy atom. The number of nitrogens with zero attached hydrogens (tertiary/aromatic N) is 2. The van der Waals surface area contributed by atoms with Crippen molar-refractivity contribution in [1.29, 1.82) is 0 Å². The first-order valence-electron chi connectivity index (χ1n) is 5.81. The van der Waals surface area contributed by atoms with Crippen molar-refractivity contribution in [2.24, 2.45) is 22.9 Å². The fourth-order valence-electron chi connectivity index (χ4n) is 2.23. The van der Waals surface area contributed by atoms with E-state index in [1.165, 1.54) is 12.8 Å². The maximum Gasteiger partial charge on any atom is 0.196 e. The Morgan fingerprint density at radius 3 is 2.36 bits per heavy atom. The van der Waals surface area contributed by atoms with Crippen LogP contribution in [0.2, 0.25) is 0 Å². The van der Waals surface area contributed by atoms with Gasteiger partial charge in [0.25, 0.3) is 0 Å². The lowest BCUT2D eigenvalue weighted by atomic mass is 9.87. The highest BCUT2D eigenvalue weighted by Gasteiger charge is 2.43. The van der Waals surface area contributed by atoms with E-state index in [-0.39, 0.29) is 0 Å². The molecule has 1 heterocycles. The van der Waals surface area contributed by atoms with Crippen LogP contribution in [-0.2, 0) is 0 Å². The van der Waals surface area contributed by atoms with Crippen LogP contribution in [0.25, 0.3) is 0 Å². The van der Waals surface area contributed by atoms with Crippen molar-refractivity contribution in [2.45, 2.75) is 46.6 Å². The minimum absolute atomic E-state index is 0.579. The molecule has 1 aliphatic carbocycles. The van der Waals surface area contributed by atoms with Gasteiger partial charge in [0.1, 0.15) is 0 Å². The van der Waals surface area contributed by atoms with Gasteiger partial charge in [-0.3, -0.25) is 0 Å². The van der Waals surface area contributed by atoms with Gasteiger partial charge >= 0.3 is 0 Å². The smallest absolute Gasteiger partial charge is 0.0892 e. The lowest BCUT2D eigenvalue weighted by Crippen LogP contribution is -2.29. The van der Waals surface area contributed by atoms with Gasteiger partial charge in [-0.1, -0.05) is 32.4 Å². The third kappa shape index (κ3) is 1.62. The zero-order valence-electron chi connectivity index (χ0n) is 9.70. The van der Waals surface area contributed by atoms with Crippen molar-refractivity contribution in [3.63, 3.8) is 0 Å². The molecule has 0 aromatic rings. The van der Waals surface area contributed by atoms with E-state index in [1.807, 2.05) is 0 Å².